The number of aromatic nitrogens is 2. The summed E-state index contributed by atoms with van der Waals surface area (Å²) in [5.74, 6) is -1.02. The lowest BCUT2D eigenvalue weighted by atomic mass is 9.87. The Balaban J connectivity index is 1.36. The van der Waals surface area contributed by atoms with Gasteiger partial charge >= 0.3 is 6.09 Å². The van der Waals surface area contributed by atoms with Crippen LogP contribution in [0.3, 0.4) is 0 Å². The molecule has 1 fully saturated rings. The molecule has 4 aromatic rings. The maximum atomic E-state index is 15.1. The molecular weight excluding hydrogens is 672 g/mol. The number of halogens is 2. The van der Waals surface area contributed by atoms with Crippen LogP contribution in [0, 0.1) is 11.6 Å². The third kappa shape index (κ3) is 6.74. The van der Waals surface area contributed by atoms with Crippen molar-refractivity contribution in [3.63, 3.8) is 0 Å². The van der Waals surface area contributed by atoms with Gasteiger partial charge in [-0.3, -0.25) is 19.5 Å². The van der Waals surface area contributed by atoms with Gasteiger partial charge in [-0.25, -0.2) is 18.6 Å². The largest absolute Gasteiger partial charge is 0.497 e. The second-order valence-corrected chi connectivity index (χ2v) is 14.1. The molecule has 52 heavy (non-hydrogen) atoms. The van der Waals surface area contributed by atoms with Gasteiger partial charge in [-0.15, -0.1) is 0 Å². The summed E-state index contributed by atoms with van der Waals surface area (Å²) >= 11 is 0. The van der Waals surface area contributed by atoms with Crippen molar-refractivity contribution >= 4 is 17.9 Å². The van der Waals surface area contributed by atoms with Crippen molar-refractivity contribution in [2.75, 3.05) is 34.4 Å². The van der Waals surface area contributed by atoms with E-state index in [0.29, 0.717) is 46.1 Å². The van der Waals surface area contributed by atoms with E-state index in [9.17, 15) is 14.4 Å². The highest BCUT2D eigenvalue weighted by atomic mass is 19.1. The van der Waals surface area contributed by atoms with Crippen molar-refractivity contribution in [3.8, 4) is 22.8 Å². The first kappa shape index (κ1) is 36.2. The SMILES string of the molecule is COc1ccc(CN2Cc3nc(-c4c(F)cccc4F)cc(Cc4ccc(C5(C)C(=O)N(C)CCN5C(=O)OC(C)(C)C)cn4)c3C2=O)c(OC)c1. The number of rotatable bonds is 8. The van der Waals surface area contributed by atoms with Crippen molar-refractivity contribution in [3.05, 3.63) is 106 Å². The Morgan fingerprint density at radius 3 is 2.31 bits per heavy atom. The summed E-state index contributed by atoms with van der Waals surface area (Å²) in [5.41, 5.74) is 0.497. The third-order valence-corrected chi connectivity index (χ3v) is 9.43. The molecule has 4 heterocycles. The van der Waals surface area contributed by atoms with Crippen LogP contribution in [-0.4, -0.2) is 82.5 Å². The lowest BCUT2D eigenvalue weighted by Crippen LogP contribution is -2.63. The average molecular weight is 714 g/mol. The highest BCUT2D eigenvalue weighted by Gasteiger charge is 2.50. The van der Waals surface area contributed by atoms with Gasteiger partial charge in [0.2, 0.25) is 0 Å². The third-order valence-electron chi connectivity index (χ3n) is 9.43. The number of hydrogen-bond acceptors (Lipinski definition) is 8. The molecule has 272 valence electrons. The Morgan fingerprint density at radius 2 is 1.67 bits per heavy atom. The van der Waals surface area contributed by atoms with Gasteiger partial charge in [0.05, 0.1) is 49.8 Å². The molecule has 1 atom stereocenters. The van der Waals surface area contributed by atoms with Gasteiger partial charge < -0.3 is 24.0 Å². The van der Waals surface area contributed by atoms with Crippen LogP contribution in [0.5, 0.6) is 11.5 Å². The molecule has 13 heteroatoms. The summed E-state index contributed by atoms with van der Waals surface area (Å²) in [6.45, 7) is 7.84. The van der Waals surface area contributed by atoms with Crippen LogP contribution in [-0.2, 0) is 34.6 Å². The number of benzene rings is 2. The maximum absolute atomic E-state index is 15.1. The molecular formula is C39H41F2N5O6. The van der Waals surface area contributed by atoms with Crippen molar-refractivity contribution in [2.45, 2.75) is 58.3 Å². The van der Waals surface area contributed by atoms with Gasteiger partial charge in [0.25, 0.3) is 11.8 Å². The fraction of sp³-hybridized carbons (Fsp3) is 0.359. The predicted molar refractivity (Wildman–Crippen MR) is 188 cm³/mol. The predicted octanol–water partition coefficient (Wildman–Crippen LogP) is 6.11. The summed E-state index contributed by atoms with van der Waals surface area (Å²) < 4.78 is 46.7. The highest BCUT2D eigenvalue weighted by molar-refractivity contribution is 6.00. The lowest BCUT2D eigenvalue weighted by molar-refractivity contribution is -0.148. The molecule has 0 radical (unpaired) electrons. The molecule has 2 aromatic heterocycles. The van der Waals surface area contributed by atoms with E-state index in [-0.39, 0.29) is 49.1 Å². The summed E-state index contributed by atoms with van der Waals surface area (Å²) in [4.78, 5) is 54.9. The van der Waals surface area contributed by atoms with E-state index >= 15 is 8.78 Å². The number of carbonyl (C=O) groups excluding carboxylic acids is 3. The minimum Gasteiger partial charge on any atom is -0.497 e. The van der Waals surface area contributed by atoms with Gasteiger partial charge in [0.1, 0.15) is 34.3 Å². The topological polar surface area (TPSA) is 114 Å². The minimum atomic E-state index is -1.40. The number of likely N-dealkylation sites (N-methyl/N-ethyl adjacent to an activating group) is 1. The van der Waals surface area contributed by atoms with Crippen LogP contribution in [0.1, 0.15) is 66.1 Å². The molecule has 3 amide bonds. The Bertz CT molecular complexity index is 2030. The number of nitrogens with zero attached hydrogens (tertiary/aromatic N) is 5. The van der Waals surface area contributed by atoms with E-state index in [0.717, 1.165) is 17.7 Å². The molecule has 0 N–H and O–H groups in total. The fourth-order valence-electron chi connectivity index (χ4n) is 6.71. The number of amides is 3. The van der Waals surface area contributed by atoms with E-state index < -0.39 is 28.9 Å². The number of carbonyl (C=O) groups is 3. The molecule has 6 rings (SSSR count). The zero-order valence-corrected chi connectivity index (χ0v) is 30.3. The van der Waals surface area contributed by atoms with E-state index in [4.69, 9.17) is 14.2 Å². The van der Waals surface area contributed by atoms with Crippen LogP contribution >= 0.6 is 0 Å². The minimum absolute atomic E-state index is 0.0500. The number of pyridine rings is 2. The average Bonchev–Trinajstić information content (AvgIpc) is 3.41. The standard InChI is InChI=1S/C39H41F2N5O6/c1-38(2,3)52-37(49)46-16-15-44(5)36(48)39(46,4)25-12-13-26(42-20-25)17-24-18-30(34-28(40)9-8-10-29(34)41)43-31-22-45(35(47)33(24)31)21-23-11-14-27(50-6)19-32(23)51-7/h8-14,18-20H,15-17,21-22H2,1-7H3. The molecule has 0 saturated carbocycles. The van der Waals surface area contributed by atoms with E-state index in [1.807, 2.05) is 6.07 Å². The molecule has 2 aliphatic rings. The summed E-state index contributed by atoms with van der Waals surface area (Å²) in [7, 11) is 4.76. The normalized spacial score (nSPS) is 17.4. The summed E-state index contributed by atoms with van der Waals surface area (Å²) in [6, 6.07) is 13.9. The van der Waals surface area contributed by atoms with Gasteiger partial charge in [0, 0.05) is 55.6 Å². The van der Waals surface area contributed by atoms with Gasteiger partial charge in [-0.1, -0.05) is 12.1 Å². The Morgan fingerprint density at radius 1 is 0.942 bits per heavy atom. The van der Waals surface area contributed by atoms with Crippen LogP contribution in [0.4, 0.5) is 13.6 Å². The van der Waals surface area contributed by atoms with Crippen molar-refractivity contribution in [2.24, 2.45) is 0 Å². The fourth-order valence-corrected chi connectivity index (χ4v) is 6.71. The molecule has 1 unspecified atom stereocenters. The summed E-state index contributed by atoms with van der Waals surface area (Å²) in [6.07, 6.45) is 1.03. The van der Waals surface area contributed by atoms with Crippen molar-refractivity contribution < 1.29 is 37.4 Å². The monoisotopic (exact) mass is 713 g/mol. The molecule has 0 aliphatic carbocycles. The second kappa shape index (κ2) is 13.9. The molecule has 1 saturated heterocycles. The Labute approximate surface area is 301 Å². The van der Waals surface area contributed by atoms with Crippen LogP contribution in [0.15, 0.2) is 60.8 Å². The molecule has 2 aromatic carbocycles. The molecule has 0 spiro atoms. The van der Waals surface area contributed by atoms with Crippen molar-refractivity contribution in [1.82, 2.24) is 24.7 Å². The Hall–Kier alpha value is -5.59. The lowest BCUT2D eigenvalue weighted by Gasteiger charge is -2.46. The smallest absolute Gasteiger partial charge is 0.411 e. The quantitative estimate of drug-likeness (QED) is 0.215. The van der Waals surface area contributed by atoms with E-state index in [1.54, 1.807) is 75.9 Å². The molecule has 11 nitrogen and oxygen atoms in total. The van der Waals surface area contributed by atoms with Gasteiger partial charge in [-0.2, -0.15) is 0 Å². The Kier molecular flexibility index (Phi) is 9.65. The second-order valence-electron chi connectivity index (χ2n) is 14.1. The molecule has 2 aliphatic heterocycles. The number of methoxy groups -OCH3 is 2. The maximum Gasteiger partial charge on any atom is 0.411 e. The van der Waals surface area contributed by atoms with Gasteiger partial charge in [0.15, 0.2) is 0 Å². The number of piperazine rings is 1. The number of hydrogen-bond donors (Lipinski definition) is 0. The van der Waals surface area contributed by atoms with Crippen LogP contribution in [0.25, 0.3) is 11.3 Å². The first-order chi connectivity index (χ1) is 24.6. The van der Waals surface area contributed by atoms with Crippen molar-refractivity contribution in [1.29, 1.82) is 0 Å². The van der Waals surface area contributed by atoms with Crippen LogP contribution < -0.4 is 9.47 Å². The first-order valence-electron chi connectivity index (χ1n) is 16.8. The van der Waals surface area contributed by atoms with E-state index in [2.05, 4.69) is 9.97 Å². The zero-order valence-electron chi connectivity index (χ0n) is 30.3. The molecule has 0 bridgehead atoms. The highest BCUT2D eigenvalue weighted by Crippen LogP contribution is 2.37. The van der Waals surface area contributed by atoms with Crippen LogP contribution in [0.2, 0.25) is 0 Å². The number of fused-ring (bicyclic) bond motifs is 1. The first-order valence-corrected chi connectivity index (χ1v) is 16.8. The zero-order chi connectivity index (χ0) is 37.5. The number of ether oxygens (including phenoxy) is 3. The van der Waals surface area contributed by atoms with E-state index in [1.165, 1.54) is 30.3 Å². The van der Waals surface area contributed by atoms with Gasteiger partial charge in [-0.05, 0) is 69.7 Å². The summed E-state index contributed by atoms with van der Waals surface area (Å²) in [5, 5.41) is 0.